The Hall–Kier alpha value is -1.75. The number of urea groups is 1. The highest BCUT2D eigenvalue weighted by Gasteiger charge is 2.14. The number of anilines is 1. The molecule has 18 heavy (non-hydrogen) atoms. The summed E-state index contributed by atoms with van der Waals surface area (Å²) in [7, 11) is 1.62. The highest BCUT2D eigenvalue weighted by molar-refractivity contribution is 5.89. The fourth-order valence-corrected chi connectivity index (χ4v) is 1.90. The van der Waals surface area contributed by atoms with Crippen LogP contribution in [0.1, 0.15) is 19.3 Å². The second-order valence-electron chi connectivity index (χ2n) is 4.28. The van der Waals surface area contributed by atoms with Gasteiger partial charge in [-0.1, -0.05) is 6.42 Å². The van der Waals surface area contributed by atoms with E-state index in [4.69, 9.17) is 4.74 Å². The van der Waals surface area contributed by atoms with E-state index in [1.165, 1.54) is 6.42 Å². The number of nitrogens with zero attached hydrogens (tertiary/aromatic N) is 1. The summed E-state index contributed by atoms with van der Waals surface area (Å²) in [5, 5.41) is 4.51. The summed E-state index contributed by atoms with van der Waals surface area (Å²) in [6, 6.07) is 7.20. The molecule has 1 fully saturated rings. The van der Waals surface area contributed by atoms with Crippen LogP contribution in [0.2, 0.25) is 0 Å². The zero-order valence-electron chi connectivity index (χ0n) is 10.6. The van der Waals surface area contributed by atoms with Gasteiger partial charge in [0.25, 0.3) is 0 Å². The van der Waals surface area contributed by atoms with Gasteiger partial charge >= 0.3 is 6.03 Å². The summed E-state index contributed by atoms with van der Waals surface area (Å²) >= 11 is 0. The van der Waals surface area contributed by atoms with Crippen LogP contribution < -0.4 is 15.5 Å². The molecule has 0 unspecified atom stereocenters. The number of benzene rings is 1. The van der Waals surface area contributed by atoms with E-state index < -0.39 is 0 Å². The van der Waals surface area contributed by atoms with Crippen LogP contribution in [0.3, 0.4) is 0 Å². The monoisotopic (exact) mass is 249 g/mol. The van der Waals surface area contributed by atoms with Crippen LogP contribution >= 0.6 is 0 Å². The van der Waals surface area contributed by atoms with Crippen molar-refractivity contribution < 1.29 is 9.53 Å². The second kappa shape index (κ2) is 6.26. The third-order valence-electron chi connectivity index (χ3n) is 2.95. The quantitative estimate of drug-likeness (QED) is 0.845. The van der Waals surface area contributed by atoms with E-state index in [0.29, 0.717) is 0 Å². The van der Waals surface area contributed by atoms with Gasteiger partial charge in [0.05, 0.1) is 7.11 Å². The summed E-state index contributed by atoms with van der Waals surface area (Å²) in [6.45, 7) is 1.61. The molecule has 0 aromatic heterocycles. The van der Waals surface area contributed by atoms with Crippen LogP contribution in [0.5, 0.6) is 5.75 Å². The van der Waals surface area contributed by atoms with Crippen molar-refractivity contribution in [1.29, 1.82) is 0 Å². The van der Waals surface area contributed by atoms with Crippen molar-refractivity contribution in [2.24, 2.45) is 0 Å². The average Bonchev–Trinajstić information content (AvgIpc) is 2.68. The van der Waals surface area contributed by atoms with Gasteiger partial charge in [-0.2, -0.15) is 0 Å². The minimum Gasteiger partial charge on any atom is -0.497 e. The van der Waals surface area contributed by atoms with Crippen molar-refractivity contribution in [3.05, 3.63) is 24.3 Å². The van der Waals surface area contributed by atoms with Crippen molar-refractivity contribution in [3.8, 4) is 5.75 Å². The van der Waals surface area contributed by atoms with Gasteiger partial charge in [0.15, 0.2) is 0 Å². The van der Waals surface area contributed by atoms with Crippen LogP contribution in [0.15, 0.2) is 24.3 Å². The summed E-state index contributed by atoms with van der Waals surface area (Å²) in [4.78, 5) is 12.0. The number of amides is 2. The van der Waals surface area contributed by atoms with Crippen LogP contribution in [0, 0.1) is 0 Å². The van der Waals surface area contributed by atoms with E-state index in [-0.39, 0.29) is 6.03 Å². The standard InChI is InChI=1S/C13H19N3O2/c1-18-12-7-5-11(6-8-12)15-13(17)16-10-4-2-3-9-14-16/h5-8,14H,2-4,9-10H2,1H3,(H,15,17). The number of hydrogen-bond donors (Lipinski definition) is 2. The molecule has 0 atom stereocenters. The molecular formula is C13H19N3O2. The number of methoxy groups -OCH3 is 1. The van der Waals surface area contributed by atoms with Crippen LogP contribution in [-0.2, 0) is 0 Å². The van der Waals surface area contributed by atoms with Gasteiger partial charge in [-0.3, -0.25) is 5.01 Å². The molecule has 0 radical (unpaired) electrons. The lowest BCUT2D eigenvalue weighted by molar-refractivity contribution is 0.189. The molecule has 5 nitrogen and oxygen atoms in total. The van der Waals surface area contributed by atoms with Crippen LogP contribution in [0.25, 0.3) is 0 Å². The molecule has 0 bridgehead atoms. The number of ether oxygens (including phenoxy) is 1. The first-order valence-corrected chi connectivity index (χ1v) is 6.25. The first kappa shape index (κ1) is 12.7. The van der Waals surface area contributed by atoms with Gasteiger partial charge in [0.1, 0.15) is 5.75 Å². The normalized spacial score (nSPS) is 15.9. The molecule has 0 spiro atoms. The Morgan fingerprint density at radius 1 is 1.28 bits per heavy atom. The average molecular weight is 249 g/mol. The van der Waals surface area contributed by atoms with Crippen molar-refractivity contribution in [1.82, 2.24) is 10.4 Å². The number of rotatable bonds is 2. The van der Waals surface area contributed by atoms with Crippen LogP contribution in [0.4, 0.5) is 10.5 Å². The number of carbonyl (C=O) groups is 1. The van der Waals surface area contributed by atoms with Crippen molar-refractivity contribution >= 4 is 11.7 Å². The summed E-state index contributed by atoms with van der Waals surface area (Å²) in [6.07, 6.45) is 3.33. The topological polar surface area (TPSA) is 53.6 Å². The number of carbonyl (C=O) groups excluding carboxylic acids is 1. The minimum absolute atomic E-state index is 0.109. The Morgan fingerprint density at radius 3 is 2.78 bits per heavy atom. The van der Waals surface area contributed by atoms with Crippen molar-refractivity contribution in [2.45, 2.75) is 19.3 Å². The molecule has 1 aliphatic rings. The number of hydrogen-bond acceptors (Lipinski definition) is 3. The van der Waals surface area contributed by atoms with Crippen molar-refractivity contribution in [2.75, 3.05) is 25.5 Å². The van der Waals surface area contributed by atoms with Gasteiger partial charge in [-0.05, 0) is 37.1 Å². The van der Waals surface area contributed by atoms with E-state index in [2.05, 4.69) is 10.7 Å². The maximum Gasteiger partial charge on any atom is 0.336 e. The fourth-order valence-electron chi connectivity index (χ4n) is 1.90. The summed E-state index contributed by atoms with van der Waals surface area (Å²) in [5.74, 6) is 0.779. The minimum atomic E-state index is -0.109. The molecule has 1 saturated heterocycles. The molecule has 5 heteroatoms. The van der Waals surface area contributed by atoms with E-state index >= 15 is 0 Å². The molecule has 2 N–H and O–H groups in total. The Labute approximate surface area is 107 Å². The highest BCUT2D eigenvalue weighted by atomic mass is 16.5. The Bertz CT molecular complexity index is 384. The molecule has 2 amide bonds. The van der Waals surface area contributed by atoms with Gasteiger partial charge in [-0.25, -0.2) is 10.2 Å². The lowest BCUT2D eigenvalue weighted by Gasteiger charge is -2.21. The second-order valence-corrected chi connectivity index (χ2v) is 4.28. The van der Waals surface area contributed by atoms with Gasteiger partial charge in [0.2, 0.25) is 0 Å². The lowest BCUT2D eigenvalue weighted by atomic mass is 10.2. The van der Waals surface area contributed by atoms with E-state index in [0.717, 1.165) is 37.4 Å². The summed E-state index contributed by atoms with van der Waals surface area (Å²) < 4.78 is 5.07. The molecular weight excluding hydrogens is 230 g/mol. The molecule has 0 saturated carbocycles. The first-order valence-electron chi connectivity index (χ1n) is 6.25. The predicted octanol–water partition coefficient (Wildman–Crippen LogP) is 2.22. The smallest absolute Gasteiger partial charge is 0.336 e. The molecule has 1 heterocycles. The van der Waals surface area contributed by atoms with E-state index in [1.807, 2.05) is 24.3 Å². The van der Waals surface area contributed by atoms with Crippen molar-refractivity contribution in [3.63, 3.8) is 0 Å². The molecule has 98 valence electrons. The highest BCUT2D eigenvalue weighted by Crippen LogP contribution is 2.15. The zero-order chi connectivity index (χ0) is 12.8. The van der Waals surface area contributed by atoms with Gasteiger partial charge < -0.3 is 10.1 Å². The SMILES string of the molecule is COc1ccc(NC(=O)N2CCCCCN2)cc1. The van der Waals surface area contributed by atoms with Gasteiger partial charge in [-0.15, -0.1) is 0 Å². The molecule has 0 aliphatic carbocycles. The van der Waals surface area contributed by atoms with Crippen LogP contribution in [-0.4, -0.2) is 31.2 Å². The number of nitrogens with one attached hydrogen (secondary N) is 2. The number of hydrazine groups is 1. The largest absolute Gasteiger partial charge is 0.497 e. The summed E-state index contributed by atoms with van der Waals surface area (Å²) in [5.41, 5.74) is 3.89. The fraction of sp³-hybridized carbons (Fsp3) is 0.462. The Morgan fingerprint density at radius 2 is 2.06 bits per heavy atom. The van der Waals surface area contributed by atoms with Gasteiger partial charge in [0, 0.05) is 18.8 Å². The first-order chi connectivity index (χ1) is 8.79. The molecule has 1 aliphatic heterocycles. The zero-order valence-corrected chi connectivity index (χ0v) is 10.6. The third kappa shape index (κ3) is 3.37. The van der Waals surface area contributed by atoms with E-state index in [9.17, 15) is 4.79 Å². The maximum absolute atomic E-state index is 12.0. The Kier molecular flexibility index (Phi) is 4.41. The maximum atomic E-state index is 12.0. The Balaban J connectivity index is 1.92. The third-order valence-corrected chi connectivity index (χ3v) is 2.95. The lowest BCUT2D eigenvalue weighted by Crippen LogP contribution is -2.44. The van der Waals surface area contributed by atoms with E-state index in [1.54, 1.807) is 12.1 Å². The molecule has 1 aromatic carbocycles. The molecule has 2 rings (SSSR count). The molecule has 1 aromatic rings. The predicted molar refractivity (Wildman–Crippen MR) is 70.6 cm³/mol.